The van der Waals surface area contributed by atoms with Gasteiger partial charge < -0.3 is 9.80 Å². The molecule has 0 unspecified atom stereocenters. The van der Waals surface area contributed by atoms with Crippen LogP contribution in [0.25, 0.3) is 0 Å². The number of carbonyl (C=O) groups excluding carboxylic acids is 2. The molecule has 4 heteroatoms. The van der Waals surface area contributed by atoms with Crippen LogP contribution in [0.5, 0.6) is 0 Å². The van der Waals surface area contributed by atoms with Gasteiger partial charge in [0.25, 0.3) is 0 Å². The molecule has 0 bridgehead atoms. The molecule has 2 aliphatic heterocycles. The van der Waals surface area contributed by atoms with Crippen LogP contribution in [0, 0.1) is 22.7 Å². The second-order valence-corrected chi connectivity index (χ2v) is 14.5. The van der Waals surface area contributed by atoms with Gasteiger partial charge in [-0.3, -0.25) is 9.59 Å². The maximum atomic E-state index is 13.4. The highest BCUT2D eigenvalue weighted by molar-refractivity contribution is 5.98. The van der Waals surface area contributed by atoms with E-state index in [-0.39, 0.29) is 10.8 Å². The Morgan fingerprint density at radius 2 is 0.975 bits per heavy atom. The summed E-state index contributed by atoms with van der Waals surface area (Å²) >= 11 is 0. The molecule has 0 amide bonds. The van der Waals surface area contributed by atoms with Gasteiger partial charge in [-0.05, 0) is 59.8 Å². The van der Waals surface area contributed by atoms with Crippen molar-refractivity contribution in [1.82, 2.24) is 0 Å². The molecule has 4 aliphatic rings. The van der Waals surface area contributed by atoms with Crippen molar-refractivity contribution in [1.29, 1.82) is 0 Å². The number of hydrogen-bond acceptors (Lipinski definition) is 4. The Bertz CT molecular complexity index is 1020. The molecule has 40 heavy (non-hydrogen) atoms. The van der Waals surface area contributed by atoms with Gasteiger partial charge in [0.15, 0.2) is 11.6 Å². The summed E-state index contributed by atoms with van der Waals surface area (Å²) in [5.41, 5.74) is 4.11. The summed E-state index contributed by atoms with van der Waals surface area (Å²) in [5, 5.41) is 0. The zero-order chi connectivity index (χ0) is 28.3. The smallest absolute Gasteiger partial charge is 0.161 e. The largest absolute Gasteiger partial charge is 0.348 e. The fourth-order valence-corrected chi connectivity index (χ4v) is 7.53. The average Bonchev–Trinajstić information content (AvgIpc) is 2.94. The first kappa shape index (κ1) is 29.1. The van der Waals surface area contributed by atoms with Gasteiger partial charge in [0.2, 0.25) is 0 Å². The summed E-state index contributed by atoms with van der Waals surface area (Å²) in [4.78, 5) is 31.4. The molecule has 2 aliphatic carbocycles. The summed E-state index contributed by atoms with van der Waals surface area (Å²) in [5.74, 6) is 1.83. The van der Waals surface area contributed by atoms with Crippen molar-refractivity contribution in [3.05, 3.63) is 47.8 Å². The predicted molar refractivity (Wildman–Crippen MR) is 166 cm³/mol. The third-order valence-corrected chi connectivity index (χ3v) is 10.5. The molecule has 0 spiro atoms. The van der Waals surface area contributed by atoms with Crippen molar-refractivity contribution in [3.63, 3.8) is 0 Å². The molecule has 0 saturated heterocycles. The third-order valence-electron chi connectivity index (χ3n) is 10.5. The number of rotatable bonds is 8. The van der Waals surface area contributed by atoms with Crippen LogP contribution in [-0.2, 0) is 9.59 Å². The van der Waals surface area contributed by atoms with Crippen LogP contribution in [0.4, 0.5) is 11.4 Å². The quantitative estimate of drug-likeness (QED) is 0.327. The highest BCUT2D eigenvalue weighted by atomic mass is 16.1. The number of anilines is 2. The molecule has 1 aromatic carbocycles. The Hall–Kier alpha value is -2.36. The molecule has 0 atom stereocenters. The van der Waals surface area contributed by atoms with Gasteiger partial charge in [-0.1, -0.05) is 91.9 Å². The van der Waals surface area contributed by atoms with E-state index in [0.29, 0.717) is 36.2 Å². The molecule has 0 radical (unpaired) electrons. The van der Waals surface area contributed by atoms with E-state index in [1.165, 1.54) is 64.2 Å². The van der Waals surface area contributed by atoms with Gasteiger partial charge in [-0.2, -0.15) is 0 Å². The number of hydrogen-bond donors (Lipinski definition) is 0. The molecular formula is C36H52N2O2. The first-order chi connectivity index (χ1) is 19.1. The van der Waals surface area contributed by atoms with E-state index < -0.39 is 0 Å². The molecule has 0 N–H and O–H groups in total. The minimum atomic E-state index is -0.0752. The summed E-state index contributed by atoms with van der Waals surface area (Å²) in [6.07, 6.45) is 20.3. The van der Waals surface area contributed by atoms with E-state index in [4.69, 9.17) is 0 Å². The Kier molecular flexibility index (Phi) is 8.92. The van der Waals surface area contributed by atoms with Gasteiger partial charge in [0.05, 0.1) is 0 Å². The van der Waals surface area contributed by atoms with Crippen LogP contribution in [-0.4, -0.2) is 24.7 Å². The minimum absolute atomic E-state index is 0.0752. The van der Waals surface area contributed by atoms with E-state index in [1.807, 2.05) is 0 Å². The van der Waals surface area contributed by atoms with Gasteiger partial charge in [-0.25, -0.2) is 0 Å². The van der Waals surface area contributed by atoms with Crippen molar-refractivity contribution >= 4 is 22.9 Å². The number of carbonyl (C=O) groups is 2. The highest BCUT2D eigenvalue weighted by Crippen LogP contribution is 2.41. The van der Waals surface area contributed by atoms with Gasteiger partial charge in [0, 0.05) is 60.9 Å². The predicted octanol–water partition coefficient (Wildman–Crippen LogP) is 9.01. The third kappa shape index (κ3) is 6.74. The Labute approximate surface area is 243 Å². The number of ketones is 2. The number of Topliss-reactive ketones (excluding diaryl/α,β-unsaturated/α-hetero) is 2. The first-order valence-electron chi connectivity index (χ1n) is 16.3. The molecular weight excluding hydrogens is 492 g/mol. The van der Waals surface area contributed by atoms with E-state index in [1.54, 1.807) is 0 Å². The van der Waals surface area contributed by atoms with Gasteiger partial charge >= 0.3 is 0 Å². The summed E-state index contributed by atoms with van der Waals surface area (Å²) in [7, 11) is 0. The monoisotopic (exact) mass is 544 g/mol. The lowest BCUT2D eigenvalue weighted by Gasteiger charge is -2.38. The van der Waals surface area contributed by atoms with E-state index in [2.05, 4.69) is 74.2 Å². The Morgan fingerprint density at radius 1 is 0.625 bits per heavy atom. The minimum Gasteiger partial charge on any atom is -0.348 e. The molecule has 2 heterocycles. The fraction of sp³-hybridized carbons (Fsp3) is 0.667. The lowest BCUT2D eigenvalue weighted by Crippen LogP contribution is -2.36. The van der Waals surface area contributed by atoms with E-state index in [9.17, 15) is 9.59 Å². The fourth-order valence-electron chi connectivity index (χ4n) is 7.53. The number of benzene rings is 1. The molecule has 4 nitrogen and oxygen atoms in total. The molecule has 2 fully saturated rings. The van der Waals surface area contributed by atoms with Crippen molar-refractivity contribution in [2.75, 3.05) is 22.9 Å². The average molecular weight is 545 g/mol. The number of allylic oxidation sites excluding steroid dienone is 2. The van der Waals surface area contributed by atoms with Crippen LogP contribution in [0.15, 0.2) is 47.8 Å². The van der Waals surface area contributed by atoms with Crippen LogP contribution < -0.4 is 9.80 Å². The Balaban J connectivity index is 1.29. The second-order valence-electron chi connectivity index (χ2n) is 14.5. The molecule has 0 aromatic heterocycles. The van der Waals surface area contributed by atoms with Gasteiger partial charge in [0.1, 0.15) is 0 Å². The number of nitrogens with zero attached hydrogens (tertiary/aromatic N) is 2. The molecule has 2 saturated carbocycles. The van der Waals surface area contributed by atoms with Crippen molar-refractivity contribution in [2.24, 2.45) is 22.7 Å². The topological polar surface area (TPSA) is 40.6 Å². The first-order valence-corrected chi connectivity index (χ1v) is 16.3. The van der Waals surface area contributed by atoms with Crippen LogP contribution >= 0.6 is 0 Å². The van der Waals surface area contributed by atoms with Crippen LogP contribution in [0.3, 0.4) is 0 Å². The van der Waals surface area contributed by atoms with Gasteiger partial charge in [-0.15, -0.1) is 0 Å². The van der Waals surface area contributed by atoms with E-state index >= 15 is 0 Å². The molecule has 218 valence electrons. The Morgan fingerprint density at radius 3 is 1.32 bits per heavy atom. The maximum absolute atomic E-state index is 13.4. The molecule has 1 aromatic rings. The lowest BCUT2D eigenvalue weighted by atomic mass is 9.74. The lowest BCUT2D eigenvalue weighted by molar-refractivity contribution is -0.118. The summed E-state index contributed by atoms with van der Waals surface area (Å²) in [6, 6.07) is 8.74. The zero-order valence-corrected chi connectivity index (χ0v) is 25.6. The maximum Gasteiger partial charge on any atom is 0.161 e. The summed E-state index contributed by atoms with van der Waals surface area (Å²) in [6.45, 7) is 10.8. The van der Waals surface area contributed by atoms with Crippen molar-refractivity contribution < 1.29 is 9.59 Å². The standard InChI is InChI=1S/C36H52N2O2/c1-35(2)19-21-37(25-31(35)33(39)23-27-11-7-5-8-12-27)29-15-17-30(18-16-29)38-22-20-36(3,4)32(26-38)34(40)24-28-13-9-6-10-14-28/h15-18,25-28H,5-14,19-24H2,1-4H3. The van der Waals surface area contributed by atoms with Crippen LogP contribution in [0.2, 0.25) is 0 Å². The van der Waals surface area contributed by atoms with Crippen molar-refractivity contribution in [2.45, 2.75) is 118 Å². The van der Waals surface area contributed by atoms with Crippen LogP contribution in [0.1, 0.15) is 118 Å². The highest BCUT2D eigenvalue weighted by Gasteiger charge is 2.36. The normalized spacial score (nSPS) is 23.9. The summed E-state index contributed by atoms with van der Waals surface area (Å²) < 4.78 is 0. The van der Waals surface area contributed by atoms with E-state index in [0.717, 1.165) is 48.5 Å². The SMILES string of the molecule is CC1(C)CCN(c2ccc(N3C=C(C(=O)CC4CCCCC4)C(C)(C)CC3)cc2)C=C1C(=O)CC1CCCCC1. The van der Waals surface area contributed by atoms with Crippen molar-refractivity contribution in [3.8, 4) is 0 Å². The second kappa shape index (κ2) is 12.2. The zero-order valence-electron chi connectivity index (χ0n) is 25.6. The molecule has 5 rings (SSSR count).